The molecule has 0 unspecified atom stereocenters. The Labute approximate surface area is 112 Å². The van der Waals surface area contributed by atoms with Crippen LogP contribution in [0.5, 0.6) is 0 Å². The molecule has 0 radical (unpaired) electrons. The van der Waals surface area contributed by atoms with Gasteiger partial charge in [0, 0.05) is 25.2 Å². The Balaban J connectivity index is 2.31. The molecule has 0 saturated carbocycles. The molecule has 1 aromatic carbocycles. The van der Waals surface area contributed by atoms with Crippen LogP contribution < -0.4 is 5.32 Å². The van der Waals surface area contributed by atoms with E-state index in [0.717, 1.165) is 0 Å². The van der Waals surface area contributed by atoms with Crippen LogP contribution in [0.3, 0.4) is 0 Å². The Morgan fingerprint density at radius 3 is 2.68 bits per heavy atom. The van der Waals surface area contributed by atoms with Gasteiger partial charge in [-0.25, -0.2) is 12.8 Å². The van der Waals surface area contributed by atoms with Gasteiger partial charge in [-0.05, 0) is 25.2 Å². The van der Waals surface area contributed by atoms with E-state index in [0.29, 0.717) is 31.9 Å². The summed E-state index contributed by atoms with van der Waals surface area (Å²) in [4.78, 5) is 0.126. The molecule has 1 fully saturated rings. The summed E-state index contributed by atoms with van der Waals surface area (Å²) < 4.78 is 44.8. The van der Waals surface area contributed by atoms with E-state index in [-0.39, 0.29) is 11.4 Å². The number of sulfonamides is 1. The fraction of sp³-hybridized carbons (Fsp3) is 0.500. The lowest BCUT2D eigenvalue weighted by Gasteiger charge is -2.26. The van der Waals surface area contributed by atoms with Crippen molar-refractivity contribution in [3.8, 4) is 0 Å². The molecule has 1 heterocycles. The first-order chi connectivity index (χ1) is 9.05. The van der Waals surface area contributed by atoms with Crippen molar-refractivity contribution in [2.45, 2.75) is 11.4 Å². The minimum absolute atomic E-state index is 0.126. The average Bonchev–Trinajstić information content (AvgIpc) is 2.42. The third-order valence-corrected chi connectivity index (χ3v) is 4.89. The molecule has 1 aliphatic rings. The molecule has 1 aliphatic heterocycles. The molecular formula is C12H17FN2O3S. The van der Waals surface area contributed by atoms with Crippen LogP contribution in [0.1, 0.15) is 5.56 Å². The summed E-state index contributed by atoms with van der Waals surface area (Å²) in [6.07, 6.45) is 0. The van der Waals surface area contributed by atoms with Crippen LogP contribution in [-0.2, 0) is 21.3 Å². The number of ether oxygens (including phenoxy) is 1. The van der Waals surface area contributed by atoms with Gasteiger partial charge in [0.2, 0.25) is 10.0 Å². The molecule has 5 nitrogen and oxygen atoms in total. The monoisotopic (exact) mass is 288 g/mol. The lowest BCUT2D eigenvalue weighted by molar-refractivity contribution is 0.0730. The maximum Gasteiger partial charge on any atom is 0.243 e. The van der Waals surface area contributed by atoms with E-state index >= 15 is 0 Å². The highest BCUT2D eigenvalue weighted by atomic mass is 32.2. The summed E-state index contributed by atoms with van der Waals surface area (Å²) in [5.41, 5.74) is 0.344. The van der Waals surface area contributed by atoms with Gasteiger partial charge in [-0.3, -0.25) is 0 Å². The van der Waals surface area contributed by atoms with Gasteiger partial charge in [0.05, 0.1) is 18.1 Å². The zero-order valence-corrected chi connectivity index (χ0v) is 11.5. The van der Waals surface area contributed by atoms with Crippen molar-refractivity contribution in [2.24, 2.45) is 0 Å². The smallest absolute Gasteiger partial charge is 0.243 e. The van der Waals surface area contributed by atoms with E-state index in [1.54, 1.807) is 7.05 Å². The van der Waals surface area contributed by atoms with E-state index in [1.165, 1.54) is 22.5 Å². The number of morpholine rings is 1. The molecule has 106 valence electrons. The second-order valence-corrected chi connectivity index (χ2v) is 6.24. The van der Waals surface area contributed by atoms with Gasteiger partial charge in [-0.1, -0.05) is 0 Å². The Bertz CT molecular complexity index is 542. The number of hydrogen-bond acceptors (Lipinski definition) is 4. The molecule has 0 amide bonds. The van der Waals surface area contributed by atoms with Crippen molar-refractivity contribution >= 4 is 10.0 Å². The number of hydrogen-bond donors (Lipinski definition) is 1. The highest BCUT2D eigenvalue weighted by Gasteiger charge is 2.26. The average molecular weight is 288 g/mol. The van der Waals surface area contributed by atoms with Crippen molar-refractivity contribution < 1.29 is 17.5 Å². The largest absolute Gasteiger partial charge is 0.379 e. The highest BCUT2D eigenvalue weighted by Crippen LogP contribution is 2.20. The topological polar surface area (TPSA) is 58.6 Å². The third-order valence-electron chi connectivity index (χ3n) is 2.99. The lowest BCUT2D eigenvalue weighted by atomic mass is 10.2. The molecule has 7 heteroatoms. The van der Waals surface area contributed by atoms with Crippen LogP contribution >= 0.6 is 0 Å². The van der Waals surface area contributed by atoms with Gasteiger partial charge in [0.15, 0.2) is 0 Å². The fourth-order valence-corrected chi connectivity index (χ4v) is 3.43. The van der Waals surface area contributed by atoms with E-state index in [4.69, 9.17) is 4.74 Å². The molecule has 1 aromatic rings. The van der Waals surface area contributed by atoms with Crippen LogP contribution in [-0.4, -0.2) is 46.1 Å². The predicted octanol–water partition coefficient (Wildman–Crippen LogP) is 0.566. The minimum Gasteiger partial charge on any atom is -0.379 e. The van der Waals surface area contributed by atoms with Crippen LogP contribution in [0.4, 0.5) is 4.39 Å². The maximum absolute atomic E-state index is 13.5. The third kappa shape index (κ3) is 3.11. The van der Waals surface area contributed by atoms with Gasteiger partial charge in [-0.15, -0.1) is 0 Å². The van der Waals surface area contributed by atoms with E-state index in [9.17, 15) is 12.8 Å². The van der Waals surface area contributed by atoms with Crippen LogP contribution in [0.25, 0.3) is 0 Å². The normalized spacial score (nSPS) is 17.6. The van der Waals surface area contributed by atoms with Gasteiger partial charge >= 0.3 is 0 Å². The first kappa shape index (κ1) is 14.4. The summed E-state index contributed by atoms with van der Waals surface area (Å²) in [5, 5.41) is 2.81. The van der Waals surface area contributed by atoms with Gasteiger partial charge in [0.25, 0.3) is 0 Å². The zero-order chi connectivity index (χ0) is 13.9. The molecule has 1 N–H and O–H groups in total. The summed E-state index contributed by atoms with van der Waals surface area (Å²) in [5.74, 6) is -0.407. The molecule has 19 heavy (non-hydrogen) atoms. The number of benzene rings is 1. The number of nitrogens with zero attached hydrogens (tertiary/aromatic N) is 1. The minimum atomic E-state index is -3.56. The SMILES string of the molecule is CNCc1cc(S(=O)(=O)N2CCOCC2)ccc1F. The van der Waals surface area contributed by atoms with Crippen molar-refractivity contribution in [2.75, 3.05) is 33.4 Å². The zero-order valence-electron chi connectivity index (χ0n) is 10.7. The summed E-state index contributed by atoms with van der Waals surface area (Å²) in [6.45, 7) is 1.74. The maximum atomic E-state index is 13.5. The van der Waals surface area contributed by atoms with Crippen LogP contribution in [0.2, 0.25) is 0 Å². The Kier molecular flexibility index (Phi) is 4.51. The summed E-state index contributed by atoms with van der Waals surface area (Å²) in [6, 6.07) is 3.88. The second kappa shape index (κ2) is 5.96. The van der Waals surface area contributed by atoms with Crippen LogP contribution in [0, 0.1) is 5.82 Å². The number of rotatable bonds is 4. The Morgan fingerprint density at radius 1 is 1.37 bits per heavy atom. The molecule has 0 aromatic heterocycles. The standard InChI is InChI=1S/C12H17FN2O3S/c1-14-9-10-8-11(2-3-12(10)13)19(16,17)15-4-6-18-7-5-15/h2-3,8,14H,4-7,9H2,1H3. The van der Waals surface area contributed by atoms with E-state index < -0.39 is 15.8 Å². The summed E-state index contributed by atoms with van der Waals surface area (Å²) in [7, 11) is -1.88. The molecule has 0 bridgehead atoms. The van der Waals surface area contributed by atoms with Crippen molar-refractivity contribution in [1.82, 2.24) is 9.62 Å². The molecule has 2 rings (SSSR count). The van der Waals surface area contributed by atoms with Gasteiger partial charge in [0.1, 0.15) is 5.82 Å². The molecule has 1 saturated heterocycles. The first-order valence-corrected chi connectivity index (χ1v) is 7.50. The molecule has 0 atom stereocenters. The van der Waals surface area contributed by atoms with Gasteiger partial charge in [-0.2, -0.15) is 4.31 Å². The molecule has 0 spiro atoms. The van der Waals surface area contributed by atoms with Crippen LogP contribution in [0.15, 0.2) is 23.1 Å². The Hall–Kier alpha value is -1.02. The fourth-order valence-electron chi connectivity index (χ4n) is 1.97. The number of nitrogens with one attached hydrogen (secondary N) is 1. The van der Waals surface area contributed by atoms with E-state index in [1.807, 2.05) is 0 Å². The molecule has 0 aliphatic carbocycles. The predicted molar refractivity (Wildman–Crippen MR) is 68.7 cm³/mol. The quantitative estimate of drug-likeness (QED) is 0.880. The van der Waals surface area contributed by atoms with Crippen molar-refractivity contribution in [3.63, 3.8) is 0 Å². The second-order valence-electron chi connectivity index (χ2n) is 4.30. The first-order valence-electron chi connectivity index (χ1n) is 6.06. The van der Waals surface area contributed by atoms with E-state index in [2.05, 4.69) is 5.32 Å². The number of halogens is 1. The van der Waals surface area contributed by atoms with Gasteiger partial charge < -0.3 is 10.1 Å². The lowest BCUT2D eigenvalue weighted by Crippen LogP contribution is -2.40. The summed E-state index contributed by atoms with van der Waals surface area (Å²) >= 11 is 0. The Morgan fingerprint density at radius 2 is 2.05 bits per heavy atom. The molecular weight excluding hydrogens is 271 g/mol. The van der Waals surface area contributed by atoms with Crippen molar-refractivity contribution in [1.29, 1.82) is 0 Å². The highest BCUT2D eigenvalue weighted by molar-refractivity contribution is 7.89. The van der Waals surface area contributed by atoms with Crippen molar-refractivity contribution in [3.05, 3.63) is 29.6 Å².